The fourth-order valence-corrected chi connectivity index (χ4v) is 4.80. The largest absolute Gasteiger partial charge is 0.493 e. The average molecular weight is 505 g/mol. The number of anilines is 1. The maximum Gasteiger partial charge on any atom is 0.251 e. The van der Waals surface area contributed by atoms with Crippen LogP contribution in [0.25, 0.3) is 10.8 Å². The van der Waals surface area contributed by atoms with Gasteiger partial charge in [0.25, 0.3) is 5.91 Å². The minimum absolute atomic E-state index is 0.154. The summed E-state index contributed by atoms with van der Waals surface area (Å²) in [5.74, 6) is 1.01. The number of amides is 1. The van der Waals surface area contributed by atoms with Crippen molar-refractivity contribution in [1.82, 2.24) is 5.32 Å². The fraction of sp³-hybridized carbons (Fsp3) is 0.179. The van der Waals surface area contributed by atoms with E-state index in [4.69, 9.17) is 9.47 Å². The third-order valence-electron chi connectivity index (χ3n) is 5.69. The van der Waals surface area contributed by atoms with Crippen molar-refractivity contribution < 1.29 is 22.7 Å². The number of fused-ring (bicyclic) bond motifs is 1. The van der Waals surface area contributed by atoms with E-state index in [1.807, 2.05) is 48.5 Å². The van der Waals surface area contributed by atoms with Gasteiger partial charge in [-0.3, -0.25) is 9.10 Å². The number of benzene rings is 4. The first kappa shape index (κ1) is 25.1. The monoisotopic (exact) mass is 504 g/mol. The van der Waals surface area contributed by atoms with Gasteiger partial charge in [0.15, 0.2) is 11.5 Å². The number of nitrogens with zero attached hydrogens (tertiary/aromatic N) is 1. The number of sulfonamides is 1. The molecule has 0 aromatic heterocycles. The zero-order valence-electron chi connectivity index (χ0n) is 20.2. The predicted molar refractivity (Wildman–Crippen MR) is 142 cm³/mol. The second-order valence-electron chi connectivity index (χ2n) is 8.22. The maximum absolute atomic E-state index is 12.7. The van der Waals surface area contributed by atoms with Crippen LogP contribution in [0.5, 0.6) is 11.5 Å². The number of hydrogen-bond donors (Lipinski definition) is 1. The molecule has 0 bridgehead atoms. The van der Waals surface area contributed by atoms with E-state index < -0.39 is 10.0 Å². The molecule has 4 rings (SSSR count). The smallest absolute Gasteiger partial charge is 0.251 e. The third kappa shape index (κ3) is 5.95. The zero-order chi connectivity index (χ0) is 25.5. The molecule has 0 saturated carbocycles. The number of hydrogen-bond acceptors (Lipinski definition) is 5. The van der Waals surface area contributed by atoms with E-state index in [-0.39, 0.29) is 12.5 Å². The highest BCUT2D eigenvalue weighted by molar-refractivity contribution is 7.92. The summed E-state index contributed by atoms with van der Waals surface area (Å²) in [4.78, 5) is 12.5. The van der Waals surface area contributed by atoms with E-state index in [0.717, 1.165) is 16.3 Å². The molecule has 7 nitrogen and oxygen atoms in total. The topological polar surface area (TPSA) is 84.9 Å². The van der Waals surface area contributed by atoms with Gasteiger partial charge in [0.05, 0.1) is 32.1 Å². The summed E-state index contributed by atoms with van der Waals surface area (Å²) in [6.07, 6.45) is 1.20. The van der Waals surface area contributed by atoms with Gasteiger partial charge in [-0.15, -0.1) is 0 Å². The highest BCUT2D eigenvalue weighted by Gasteiger charge is 2.20. The van der Waals surface area contributed by atoms with Gasteiger partial charge in [-0.25, -0.2) is 8.42 Å². The Morgan fingerprint density at radius 2 is 1.53 bits per heavy atom. The first-order valence-corrected chi connectivity index (χ1v) is 13.3. The molecule has 0 aliphatic carbocycles. The molecule has 4 aromatic rings. The Morgan fingerprint density at radius 3 is 2.25 bits per heavy atom. The molecule has 0 radical (unpaired) electrons. The van der Waals surface area contributed by atoms with E-state index in [1.54, 1.807) is 49.6 Å². The number of methoxy groups -OCH3 is 1. The lowest BCUT2D eigenvalue weighted by Crippen LogP contribution is -2.30. The van der Waals surface area contributed by atoms with Crippen LogP contribution in [-0.4, -0.2) is 40.8 Å². The molecule has 1 amide bonds. The maximum atomic E-state index is 12.7. The van der Waals surface area contributed by atoms with E-state index in [0.29, 0.717) is 35.9 Å². The van der Waals surface area contributed by atoms with Crippen molar-refractivity contribution in [3.8, 4) is 11.5 Å². The molecular formula is C28H28N2O5S. The lowest BCUT2D eigenvalue weighted by atomic mass is 10.1. The number of carbonyl (C=O) groups is 1. The van der Waals surface area contributed by atoms with Crippen LogP contribution >= 0.6 is 0 Å². The summed E-state index contributed by atoms with van der Waals surface area (Å²) < 4.78 is 37.7. The van der Waals surface area contributed by atoms with Crippen LogP contribution in [0.2, 0.25) is 0 Å². The van der Waals surface area contributed by atoms with Gasteiger partial charge >= 0.3 is 0 Å². The molecule has 36 heavy (non-hydrogen) atoms. The van der Waals surface area contributed by atoms with Crippen molar-refractivity contribution in [2.24, 2.45) is 0 Å². The Morgan fingerprint density at radius 1 is 0.861 bits per heavy atom. The molecule has 0 spiro atoms. The van der Waals surface area contributed by atoms with Crippen molar-refractivity contribution in [1.29, 1.82) is 0 Å². The summed E-state index contributed by atoms with van der Waals surface area (Å²) in [7, 11) is -1.97. The SMILES string of the molecule is COc1ccccc1OCCNC(=O)c1ccc(CN(c2cccc3ccccc23)S(C)(=O)=O)cc1. The molecule has 1 N–H and O–H groups in total. The van der Waals surface area contributed by atoms with Crippen LogP contribution in [0, 0.1) is 0 Å². The van der Waals surface area contributed by atoms with Crippen molar-refractivity contribution >= 4 is 32.4 Å². The molecule has 0 heterocycles. The van der Waals surface area contributed by atoms with Crippen LogP contribution in [0.3, 0.4) is 0 Å². The molecule has 186 valence electrons. The first-order chi connectivity index (χ1) is 17.4. The second kappa shape index (κ2) is 11.1. The number of para-hydroxylation sites is 2. The highest BCUT2D eigenvalue weighted by Crippen LogP contribution is 2.30. The molecule has 0 aliphatic heterocycles. The number of nitrogens with one attached hydrogen (secondary N) is 1. The molecule has 0 saturated heterocycles. The normalized spacial score (nSPS) is 11.2. The van der Waals surface area contributed by atoms with Crippen molar-refractivity contribution in [2.75, 3.05) is 30.8 Å². The summed E-state index contributed by atoms with van der Waals surface area (Å²) in [6.45, 7) is 0.765. The molecule has 0 unspecified atom stereocenters. The van der Waals surface area contributed by atoms with Crippen LogP contribution in [0.4, 0.5) is 5.69 Å². The lowest BCUT2D eigenvalue weighted by molar-refractivity contribution is 0.0947. The average Bonchev–Trinajstić information content (AvgIpc) is 2.89. The molecule has 0 atom stereocenters. The van der Waals surface area contributed by atoms with Gasteiger partial charge in [-0.1, -0.05) is 60.7 Å². The second-order valence-corrected chi connectivity index (χ2v) is 10.1. The minimum atomic E-state index is -3.55. The van der Waals surface area contributed by atoms with Gasteiger partial charge in [0, 0.05) is 10.9 Å². The molecular weight excluding hydrogens is 476 g/mol. The van der Waals surface area contributed by atoms with Crippen molar-refractivity contribution in [2.45, 2.75) is 6.54 Å². The van der Waals surface area contributed by atoms with Gasteiger partial charge < -0.3 is 14.8 Å². The highest BCUT2D eigenvalue weighted by atomic mass is 32.2. The lowest BCUT2D eigenvalue weighted by Gasteiger charge is -2.24. The predicted octanol–water partition coefficient (Wildman–Crippen LogP) is 4.62. The molecule has 0 fully saturated rings. The van der Waals surface area contributed by atoms with Gasteiger partial charge in [-0.2, -0.15) is 0 Å². The van der Waals surface area contributed by atoms with E-state index in [2.05, 4.69) is 5.32 Å². The number of carbonyl (C=O) groups excluding carboxylic acids is 1. The van der Waals surface area contributed by atoms with Crippen LogP contribution in [0.1, 0.15) is 15.9 Å². The standard InChI is InChI=1S/C28H28N2O5S/c1-34-26-12-5-6-13-27(26)35-19-18-29-28(31)23-16-14-21(15-17-23)20-30(36(2,32)33)25-11-7-9-22-8-3-4-10-24(22)25/h3-17H,18-20H2,1-2H3,(H,29,31). The van der Waals surface area contributed by atoms with E-state index in [1.165, 1.54) is 10.6 Å². The fourth-order valence-electron chi connectivity index (χ4n) is 3.90. The molecule has 0 aliphatic rings. The van der Waals surface area contributed by atoms with Gasteiger partial charge in [0.1, 0.15) is 6.61 Å². The summed E-state index contributed by atoms with van der Waals surface area (Å²) in [5, 5.41) is 4.65. The van der Waals surface area contributed by atoms with Crippen molar-refractivity contribution in [3.63, 3.8) is 0 Å². The Kier molecular flexibility index (Phi) is 7.75. The Hall–Kier alpha value is -4.04. The quantitative estimate of drug-likeness (QED) is 0.319. The summed E-state index contributed by atoms with van der Waals surface area (Å²) in [6, 6.07) is 27.5. The zero-order valence-corrected chi connectivity index (χ0v) is 21.0. The molecule has 8 heteroatoms. The number of ether oxygens (including phenoxy) is 2. The van der Waals surface area contributed by atoms with Gasteiger partial charge in [0.2, 0.25) is 10.0 Å². The molecule has 4 aromatic carbocycles. The van der Waals surface area contributed by atoms with Crippen LogP contribution in [0.15, 0.2) is 91.0 Å². The van der Waals surface area contributed by atoms with E-state index in [9.17, 15) is 13.2 Å². The Balaban J connectivity index is 1.40. The third-order valence-corrected chi connectivity index (χ3v) is 6.82. The van der Waals surface area contributed by atoms with Crippen LogP contribution in [-0.2, 0) is 16.6 Å². The van der Waals surface area contributed by atoms with Crippen LogP contribution < -0.4 is 19.1 Å². The number of rotatable bonds is 10. The van der Waals surface area contributed by atoms with Crippen molar-refractivity contribution in [3.05, 3.63) is 102 Å². The Labute approximate surface area is 211 Å². The minimum Gasteiger partial charge on any atom is -0.493 e. The van der Waals surface area contributed by atoms with Gasteiger partial charge in [-0.05, 0) is 41.3 Å². The Bertz CT molecular complexity index is 1450. The summed E-state index contributed by atoms with van der Waals surface area (Å²) in [5.41, 5.74) is 1.86. The van der Waals surface area contributed by atoms with E-state index >= 15 is 0 Å². The summed E-state index contributed by atoms with van der Waals surface area (Å²) >= 11 is 0. The first-order valence-electron chi connectivity index (χ1n) is 11.5.